The third kappa shape index (κ3) is 2.83. The Kier molecular flexibility index (Phi) is 3.98. The Morgan fingerprint density at radius 2 is 2.10 bits per heavy atom. The third-order valence-corrected chi connectivity index (χ3v) is 4.49. The summed E-state index contributed by atoms with van der Waals surface area (Å²) in [5, 5.41) is 13.9. The third-order valence-electron chi connectivity index (χ3n) is 3.52. The lowest BCUT2D eigenvalue weighted by molar-refractivity contribution is 0.434. The van der Waals surface area contributed by atoms with Crippen LogP contribution in [0.3, 0.4) is 0 Å². The maximum Gasteiger partial charge on any atom is 0.197 e. The number of aromatic nitrogens is 5. The molecule has 1 aliphatic rings. The van der Waals surface area contributed by atoms with Gasteiger partial charge in [-0.1, -0.05) is 0 Å². The van der Waals surface area contributed by atoms with Gasteiger partial charge in [-0.25, -0.2) is 9.97 Å². The van der Waals surface area contributed by atoms with Crippen molar-refractivity contribution >= 4 is 11.8 Å². The lowest BCUT2D eigenvalue weighted by atomic mass is 9.97. The maximum atomic E-state index is 4.39. The van der Waals surface area contributed by atoms with Crippen LogP contribution in [0.4, 0.5) is 0 Å². The van der Waals surface area contributed by atoms with Crippen molar-refractivity contribution < 1.29 is 0 Å². The number of hydrogen-bond acceptors (Lipinski definition) is 6. The average Bonchev–Trinajstić information content (AvgIpc) is 2.81. The van der Waals surface area contributed by atoms with Crippen LogP contribution in [0.5, 0.6) is 0 Å². The zero-order valence-electron chi connectivity index (χ0n) is 11.7. The van der Waals surface area contributed by atoms with Gasteiger partial charge in [0.25, 0.3) is 0 Å². The van der Waals surface area contributed by atoms with Gasteiger partial charge in [-0.15, -0.1) is 10.2 Å². The van der Waals surface area contributed by atoms with Gasteiger partial charge in [-0.2, -0.15) is 0 Å². The zero-order valence-corrected chi connectivity index (χ0v) is 12.5. The molecule has 0 aromatic carbocycles. The minimum absolute atomic E-state index is 0.509. The Hall–Kier alpha value is -1.47. The first-order valence-corrected chi connectivity index (χ1v) is 7.63. The normalized spacial score (nSPS) is 16.5. The summed E-state index contributed by atoms with van der Waals surface area (Å²) in [6, 6.07) is 1.90. The van der Waals surface area contributed by atoms with E-state index in [9.17, 15) is 0 Å². The predicted octanol–water partition coefficient (Wildman–Crippen LogP) is 1.53. The summed E-state index contributed by atoms with van der Waals surface area (Å²) in [6.07, 6.45) is 4.03. The van der Waals surface area contributed by atoms with Crippen LogP contribution >= 0.6 is 11.8 Å². The van der Waals surface area contributed by atoms with Crippen LogP contribution in [0.2, 0.25) is 0 Å². The van der Waals surface area contributed by atoms with Crippen LogP contribution in [0.25, 0.3) is 0 Å². The van der Waals surface area contributed by atoms with Crippen molar-refractivity contribution in [3.63, 3.8) is 0 Å². The summed E-state index contributed by atoms with van der Waals surface area (Å²) < 4.78 is 2.10. The van der Waals surface area contributed by atoms with Gasteiger partial charge in [-0.3, -0.25) is 0 Å². The molecule has 0 atom stereocenters. The van der Waals surface area contributed by atoms with E-state index in [1.165, 1.54) is 11.8 Å². The molecule has 1 aliphatic heterocycles. The van der Waals surface area contributed by atoms with Crippen molar-refractivity contribution in [2.24, 2.45) is 7.05 Å². The smallest absolute Gasteiger partial charge is 0.197 e. The molecule has 0 unspecified atom stereocenters. The molecule has 0 saturated carbocycles. The number of rotatable bonds is 3. The summed E-state index contributed by atoms with van der Waals surface area (Å²) in [7, 11) is 2.04. The van der Waals surface area contributed by atoms with E-state index in [1.807, 2.05) is 20.0 Å². The highest BCUT2D eigenvalue weighted by Gasteiger charge is 2.22. The fourth-order valence-corrected chi connectivity index (χ4v) is 3.24. The second-order valence-corrected chi connectivity index (χ2v) is 5.96. The Labute approximate surface area is 122 Å². The van der Waals surface area contributed by atoms with Gasteiger partial charge in [0.15, 0.2) is 5.16 Å². The largest absolute Gasteiger partial charge is 0.317 e. The van der Waals surface area contributed by atoms with Crippen molar-refractivity contribution in [3.8, 4) is 0 Å². The lowest BCUT2D eigenvalue weighted by Gasteiger charge is -2.21. The highest BCUT2D eigenvalue weighted by Crippen LogP contribution is 2.29. The van der Waals surface area contributed by atoms with Crippen LogP contribution in [0, 0.1) is 6.92 Å². The molecule has 106 valence electrons. The SMILES string of the molecule is Cc1nccc(Sc2nnc(C3CCNCC3)n2C)n1. The molecule has 0 bridgehead atoms. The summed E-state index contributed by atoms with van der Waals surface area (Å²) >= 11 is 1.54. The molecule has 0 spiro atoms. The molecule has 1 saturated heterocycles. The Morgan fingerprint density at radius 1 is 1.30 bits per heavy atom. The molecule has 2 aromatic rings. The van der Waals surface area contributed by atoms with Crippen molar-refractivity contribution in [1.29, 1.82) is 0 Å². The van der Waals surface area contributed by atoms with Gasteiger partial charge in [0.2, 0.25) is 0 Å². The number of nitrogens with zero attached hydrogens (tertiary/aromatic N) is 5. The van der Waals surface area contributed by atoms with Gasteiger partial charge in [-0.05, 0) is 50.7 Å². The van der Waals surface area contributed by atoms with Crippen molar-refractivity contribution in [2.45, 2.75) is 35.9 Å². The van der Waals surface area contributed by atoms with Gasteiger partial charge in [0.1, 0.15) is 16.7 Å². The van der Waals surface area contributed by atoms with E-state index in [-0.39, 0.29) is 0 Å². The first-order valence-electron chi connectivity index (χ1n) is 6.81. The highest BCUT2D eigenvalue weighted by atomic mass is 32.2. The molecule has 2 aromatic heterocycles. The van der Waals surface area contributed by atoms with Crippen molar-refractivity contribution in [2.75, 3.05) is 13.1 Å². The minimum Gasteiger partial charge on any atom is -0.317 e. The number of nitrogens with one attached hydrogen (secondary N) is 1. The van der Waals surface area contributed by atoms with Crippen molar-refractivity contribution in [1.82, 2.24) is 30.0 Å². The molecule has 6 nitrogen and oxygen atoms in total. The lowest BCUT2D eigenvalue weighted by Crippen LogP contribution is -2.27. The predicted molar refractivity (Wildman–Crippen MR) is 76.7 cm³/mol. The standard InChI is InChI=1S/C13H18N6S/c1-9-15-8-5-11(16-9)20-13-18-17-12(19(13)2)10-3-6-14-7-4-10/h5,8,10,14H,3-4,6-7H2,1-2H3. The molecule has 0 radical (unpaired) electrons. The van der Waals surface area contributed by atoms with Crippen molar-refractivity contribution in [3.05, 3.63) is 23.9 Å². The second-order valence-electron chi connectivity index (χ2n) is 4.97. The molecular formula is C13H18N6S. The monoisotopic (exact) mass is 290 g/mol. The molecule has 7 heteroatoms. The molecule has 0 amide bonds. The second kappa shape index (κ2) is 5.88. The summed E-state index contributed by atoms with van der Waals surface area (Å²) in [5.41, 5.74) is 0. The van der Waals surface area contributed by atoms with E-state index in [4.69, 9.17) is 0 Å². The Bertz CT molecular complexity index is 590. The topological polar surface area (TPSA) is 68.5 Å². The number of piperidine rings is 1. The van der Waals surface area contributed by atoms with E-state index < -0.39 is 0 Å². The van der Waals surface area contributed by atoms with Crippen LogP contribution < -0.4 is 5.32 Å². The summed E-state index contributed by atoms with van der Waals surface area (Å²) in [6.45, 7) is 4.01. The Balaban J connectivity index is 1.79. The van der Waals surface area contributed by atoms with Crippen LogP contribution in [-0.4, -0.2) is 37.8 Å². The molecule has 1 fully saturated rings. The fraction of sp³-hybridized carbons (Fsp3) is 0.538. The summed E-state index contributed by atoms with van der Waals surface area (Å²) in [4.78, 5) is 8.50. The average molecular weight is 290 g/mol. The van der Waals surface area contributed by atoms with E-state index in [0.717, 1.165) is 47.8 Å². The first kappa shape index (κ1) is 13.5. The van der Waals surface area contributed by atoms with Gasteiger partial charge in [0, 0.05) is 19.2 Å². The number of hydrogen-bond donors (Lipinski definition) is 1. The minimum atomic E-state index is 0.509. The van der Waals surface area contributed by atoms with E-state index >= 15 is 0 Å². The van der Waals surface area contributed by atoms with Crippen LogP contribution in [-0.2, 0) is 7.05 Å². The van der Waals surface area contributed by atoms with Gasteiger partial charge >= 0.3 is 0 Å². The fourth-order valence-electron chi connectivity index (χ4n) is 2.44. The van der Waals surface area contributed by atoms with Gasteiger partial charge < -0.3 is 9.88 Å². The Morgan fingerprint density at radius 3 is 2.85 bits per heavy atom. The molecule has 1 N–H and O–H groups in total. The van der Waals surface area contributed by atoms with E-state index in [0.29, 0.717) is 5.92 Å². The van der Waals surface area contributed by atoms with Gasteiger partial charge in [0.05, 0.1) is 0 Å². The highest BCUT2D eigenvalue weighted by molar-refractivity contribution is 7.99. The summed E-state index contributed by atoms with van der Waals surface area (Å²) in [5.74, 6) is 2.37. The van der Waals surface area contributed by atoms with E-state index in [2.05, 4.69) is 30.0 Å². The van der Waals surface area contributed by atoms with Crippen LogP contribution in [0.15, 0.2) is 22.4 Å². The molecule has 3 rings (SSSR count). The van der Waals surface area contributed by atoms with Crippen LogP contribution in [0.1, 0.15) is 30.4 Å². The first-order chi connectivity index (χ1) is 9.74. The number of aryl methyl sites for hydroxylation is 1. The quantitative estimate of drug-likeness (QED) is 0.865. The van der Waals surface area contributed by atoms with E-state index in [1.54, 1.807) is 6.20 Å². The molecule has 3 heterocycles. The molecule has 20 heavy (non-hydrogen) atoms. The zero-order chi connectivity index (χ0) is 13.9. The maximum absolute atomic E-state index is 4.39. The molecular weight excluding hydrogens is 272 g/mol. The molecule has 0 aliphatic carbocycles.